The third kappa shape index (κ3) is 5.86. The topological polar surface area (TPSA) is 139 Å². The Hall–Kier alpha value is -4.29. The number of rotatable bonds is 10. The first kappa shape index (κ1) is 29.2. The van der Waals surface area contributed by atoms with Crippen molar-refractivity contribution in [2.24, 2.45) is 7.05 Å². The van der Waals surface area contributed by atoms with Gasteiger partial charge in [0.05, 0.1) is 11.5 Å². The number of carbonyl (C=O) groups excluding carboxylic acids is 1. The molecule has 5 rings (SSSR count). The predicted octanol–water partition coefficient (Wildman–Crippen LogP) is 3.13. The van der Waals surface area contributed by atoms with Crippen molar-refractivity contribution < 1.29 is 18.3 Å². The fourth-order valence-corrected chi connectivity index (χ4v) is 6.12. The molecule has 220 valence electrons. The number of pyridine rings is 3. The molecule has 0 aliphatic heterocycles. The lowest BCUT2D eigenvalue weighted by atomic mass is 9.98. The average Bonchev–Trinajstić information content (AvgIpc) is 3.30. The summed E-state index contributed by atoms with van der Waals surface area (Å²) in [7, 11) is -1.80. The average molecular weight is 591 g/mol. The van der Waals surface area contributed by atoms with Crippen molar-refractivity contribution in [2.75, 3.05) is 23.0 Å². The third-order valence-corrected chi connectivity index (χ3v) is 8.79. The standard InChI is InChI=1S/C30H34N6O5S/c1-20-14-21-6-4-5-7-27(21)36(20)13-12-35(19-38)29-25(18-37)24(10-11-31-29)22-15-26(30(39)34(2)17-22)33-28-9-8-23(16-32-28)42(3,40)41/h8-11,14-17,19,37H,4-7,12-13,18H2,1-3H3,(H,32,33). The van der Waals surface area contributed by atoms with Crippen LogP contribution >= 0.6 is 0 Å². The Labute approximate surface area is 244 Å². The summed E-state index contributed by atoms with van der Waals surface area (Å²) in [6.45, 7) is 2.70. The predicted molar refractivity (Wildman–Crippen MR) is 161 cm³/mol. The van der Waals surface area contributed by atoms with Crippen molar-refractivity contribution >= 4 is 33.6 Å². The van der Waals surface area contributed by atoms with Crippen LogP contribution in [0.4, 0.5) is 17.3 Å². The van der Waals surface area contributed by atoms with Gasteiger partial charge in [0.1, 0.15) is 17.3 Å². The van der Waals surface area contributed by atoms with E-state index in [2.05, 4.69) is 32.8 Å². The quantitative estimate of drug-likeness (QED) is 0.269. The molecular formula is C30H34N6O5S. The Morgan fingerprint density at radius 1 is 1.14 bits per heavy atom. The summed E-state index contributed by atoms with van der Waals surface area (Å²) in [6.07, 6.45) is 10.7. The van der Waals surface area contributed by atoms with Gasteiger partial charge in [-0.2, -0.15) is 0 Å². The van der Waals surface area contributed by atoms with Crippen LogP contribution in [0.25, 0.3) is 11.1 Å². The van der Waals surface area contributed by atoms with E-state index in [1.165, 1.54) is 51.2 Å². The lowest BCUT2D eigenvalue weighted by Crippen LogP contribution is -2.29. The van der Waals surface area contributed by atoms with Gasteiger partial charge in [-0.1, -0.05) is 0 Å². The number of aliphatic hydroxyl groups excluding tert-OH is 1. The van der Waals surface area contributed by atoms with E-state index in [0.717, 1.165) is 31.9 Å². The number of nitrogens with zero attached hydrogens (tertiary/aromatic N) is 5. The Bertz CT molecular complexity index is 1790. The molecule has 4 aromatic rings. The second-order valence-electron chi connectivity index (χ2n) is 10.6. The summed E-state index contributed by atoms with van der Waals surface area (Å²) in [5, 5.41) is 13.4. The van der Waals surface area contributed by atoms with Crippen molar-refractivity contribution in [2.45, 2.75) is 50.7 Å². The van der Waals surface area contributed by atoms with Gasteiger partial charge in [-0.15, -0.1) is 0 Å². The molecule has 0 bridgehead atoms. The molecule has 1 aliphatic carbocycles. The van der Waals surface area contributed by atoms with Gasteiger partial charge in [0.25, 0.3) is 5.56 Å². The fourth-order valence-electron chi connectivity index (χ4n) is 5.56. The number of hydrogen-bond acceptors (Lipinski definition) is 8. The molecule has 4 aromatic heterocycles. The zero-order valence-corrected chi connectivity index (χ0v) is 24.7. The SMILES string of the molecule is Cc1cc2c(n1CCN(C=O)c1nccc(-c3cc(Nc4ccc(S(C)(=O)=O)cn4)c(=O)n(C)c3)c1CO)CCCC2. The fraction of sp³-hybridized carbons (Fsp3) is 0.333. The van der Waals surface area contributed by atoms with E-state index < -0.39 is 9.84 Å². The highest BCUT2D eigenvalue weighted by Gasteiger charge is 2.21. The maximum atomic E-state index is 12.9. The summed E-state index contributed by atoms with van der Waals surface area (Å²) in [6, 6.07) is 8.49. The lowest BCUT2D eigenvalue weighted by Gasteiger charge is -2.23. The van der Waals surface area contributed by atoms with E-state index in [9.17, 15) is 23.1 Å². The van der Waals surface area contributed by atoms with Crippen LogP contribution in [0.3, 0.4) is 0 Å². The highest BCUT2D eigenvalue weighted by atomic mass is 32.2. The number of sulfone groups is 1. The molecule has 4 heterocycles. The second kappa shape index (κ2) is 11.9. The van der Waals surface area contributed by atoms with E-state index in [1.807, 2.05) is 0 Å². The van der Waals surface area contributed by atoms with Crippen molar-refractivity contribution in [3.8, 4) is 11.1 Å². The summed E-state index contributed by atoms with van der Waals surface area (Å²) in [5.74, 6) is 0.647. The van der Waals surface area contributed by atoms with Crippen LogP contribution in [0.1, 0.15) is 35.4 Å². The van der Waals surface area contributed by atoms with Gasteiger partial charge >= 0.3 is 0 Å². The largest absolute Gasteiger partial charge is 0.392 e. The minimum atomic E-state index is -3.41. The molecule has 0 saturated carbocycles. The summed E-state index contributed by atoms with van der Waals surface area (Å²) in [4.78, 5) is 35.4. The molecule has 0 spiro atoms. The summed E-state index contributed by atoms with van der Waals surface area (Å²) in [5.41, 5.74) is 5.44. The van der Waals surface area contributed by atoms with Crippen molar-refractivity contribution in [1.29, 1.82) is 0 Å². The summed E-state index contributed by atoms with van der Waals surface area (Å²) < 4.78 is 27.2. The highest BCUT2D eigenvalue weighted by molar-refractivity contribution is 7.90. The van der Waals surface area contributed by atoms with Crippen molar-refractivity contribution in [3.05, 3.63) is 81.8 Å². The number of carbonyl (C=O) groups is 1. The van der Waals surface area contributed by atoms with E-state index in [-0.39, 0.29) is 22.7 Å². The summed E-state index contributed by atoms with van der Waals surface area (Å²) >= 11 is 0. The number of hydrogen-bond donors (Lipinski definition) is 2. The van der Waals surface area contributed by atoms with Gasteiger partial charge in [-0.25, -0.2) is 18.4 Å². The maximum absolute atomic E-state index is 12.9. The normalized spacial score (nSPS) is 13.0. The van der Waals surface area contributed by atoms with Crippen LogP contribution in [0.2, 0.25) is 0 Å². The number of aryl methyl sites for hydroxylation is 3. The lowest BCUT2D eigenvalue weighted by molar-refractivity contribution is -0.107. The molecule has 12 heteroatoms. The van der Waals surface area contributed by atoms with Crippen LogP contribution in [0.5, 0.6) is 0 Å². The van der Waals surface area contributed by atoms with Crippen molar-refractivity contribution in [1.82, 2.24) is 19.1 Å². The molecule has 0 aromatic carbocycles. The third-order valence-electron chi connectivity index (χ3n) is 7.69. The van der Waals surface area contributed by atoms with Gasteiger partial charge < -0.3 is 19.6 Å². The van der Waals surface area contributed by atoms with E-state index in [4.69, 9.17) is 0 Å². The molecule has 42 heavy (non-hydrogen) atoms. The molecule has 1 amide bonds. The Kier molecular flexibility index (Phi) is 8.28. The maximum Gasteiger partial charge on any atom is 0.274 e. The molecule has 0 saturated heterocycles. The molecule has 11 nitrogen and oxygen atoms in total. The van der Waals surface area contributed by atoms with Crippen LogP contribution < -0.4 is 15.8 Å². The minimum absolute atomic E-state index is 0.0677. The van der Waals surface area contributed by atoms with Crippen molar-refractivity contribution in [3.63, 3.8) is 0 Å². The molecule has 1 aliphatic rings. The first-order valence-electron chi connectivity index (χ1n) is 13.7. The monoisotopic (exact) mass is 590 g/mol. The van der Waals surface area contributed by atoms with Gasteiger partial charge in [-0.3, -0.25) is 14.5 Å². The van der Waals surface area contributed by atoms with Gasteiger partial charge in [0.15, 0.2) is 9.84 Å². The molecule has 0 unspecified atom stereocenters. The Balaban J connectivity index is 1.45. The smallest absolute Gasteiger partial charge is 0.274 e. The zero-order valence-electron chi connectivity index (χ0n) is 23.9. The first-order chi connectivity index (χ1) is 20.1. The Morgan fingerprint density at radius 2 is 1.93 bits per heavy atom. The van der Waals surface area contributed by atoms with E-state index in [0.29, 0.717) is 41.4 Å². The number of nitrogens with one attached hydrogen (secondary N) is 1. The van der Waals surface area contributed by atoms with Gasteiger partial charge in [0.2, 0.25) is 6.41 Å². The Morgan fingerprint density at radius 3 is 2.62 bits per heavy atom. The molecular weight excluding hydrogens is 556 g/mol. The number of fused-ring (bicyclic) bond motifs is 1. The number of aliphatic hydroxyl groups is 1. The number of amides is 1. The molecule has 0 radical (unpaired) electrons. The van der Waals surface area contributed by atoms with Gasteiger partial charge in [-0.05, 0) is 74.1 Å². The van der Waals surface area contributed by atoms with Crippen LogP contribution in [-0.4, -0.2) is 51.8 Å². The highest BCUT2D eigenvalue weighted by Crippen LogP contribution is 2.31. The zero-order chi connectivity index (χ0) is 30.0. The molecule has 2 N–H and O–H groups in total. The van der Waals surface area contributed by atoms with E-state index >= 15 is 0 Å². The van der Waals surface area contributed by atoms with Crippen LogP contribution in [0, 0.1) is 6.92 Å². The van der Waals surface area contributed by atoms with Crippen LogP contribution in [-0.2, 0) is 47.7 Å². The first-order valence-corrected chi connectivity index (χ1v) is 15.6. The molecule has 0 fully saturated rings. The van der Waals surface area contributed by atoms with Gasteiger partial charge in [0, 0.05) is 67.5 Å². The number of aromatic nitrogens is 4. The molecule has 0 atom stereocenters. The second-order valence-corrected chi connectivity index (χ2v) is 12.6. The number of anilines is 3. The van der Waals surface area contributed by atoms with Crippen LogP contribution in [0.15, 0.2) is 58.6 Å². The van der Waals surface area contributed by atoms with E-state index in [1.54, 1.807) is 31.6 Å². The minimum Gasteiger partial charge on any atom is -0.392 e.